The zero-order chi connectivity index (χ0) is 17.7. The summed E-state index contributed by atoms with van der Waals surface area (Å²) in [6.45, 7) is 3.09. The van der Waals surface area contributed by atoms with Crippen molar-refractivity contribution in [1.29, 1.82) is 0 Å². The maximum absolute atomic E-state index is 9.04. The van der Waals surface area contributed by atoms with Gasteiger partial charge in [-0.15, -0.1) is 0 Å². The number of aliphatic hydroxyl groups is 1. The average molecular weight is 339 g/mol. The van der Waals surface area contributed by atoms with Crippen LogP contribution in [0.25, 0.3) is 0 Å². The molecule has 1 N–H and O–H groups in total. The zero-order valence-corrected chi connectivity index (χ0v) is 15.2. The van der Waals surface area contributed by atoms with Crippen LogP contribution in [-0.2, 0) is 6.61 Å². The number of aliphatic imine (C=N–C) groups is 1. The van der Waals surface area contributed by atoms with E-state index in [1.165, 1.54) is 32.1 Å². The number of unbranched alkanes of at least 4 members (excludes halogenated alkanes) is 5. The van der Waals surface area contributed by atoms with Crippen LogP contribution in [0.1, 0.15) is 56.6 Å². The fourth-order valence-electron chi connectivity index (χ4n) is 2.56. The standard InChI is InChI=1S/C22H29NO2/c1-2-3-4-5-6-7-16-25-22-14-12-21(13-15-22)23-17-19-8-10-20(18-24)11-9-19/h8-15,17,24H,2-7,16,18H2,1H3/b23-17+. The summed E-state index contributed by atoms with van der Waals surface area (Å²) in [5.41, 5.74) is 2.82. The summed E-state index contributed by atoms with van der Waals surface area (Å²) in [7, 11) is 0. The maximum atomic E-state index is 9.04. The maximum Gasteiger partial charge on any atom is 0.119 e. The third-order valence-electron chi connectivity index (χ3n) is 4.13. The lowest BCUT2D eigenvalue weighted by molar-refractivity contribution is 0.282. The van der Waals surface area contributed by atoms with Gasteiger partial charge in [0.1, 0.15) is 5.75 Å². The Kier molecular flexibility index (Phi) is 8.78. The summed E-state index contributed by atoms with van der Waals surface area (Å²) < 4.78 is 5.78. The minimum Gasteiger partial charge on any atom is -0.494 e. The Bertz CT molecular complexity index is 617. The first-order chi connectivity index (χ1) is 12.3. The Labute approximate surface area is 151 Å². The van der Waals surface area contributed by atoms with Crippen LogP contribution in [0, 0.1) is 0 Å². The summed E-state index contributed by atoms with van der Waals surface area (Å²) in [4.78, 5) is 4.47. The molecule has 3 heteroatoms. The van der Waals surface area contributed by atoms with E-state index in [0.29, 0.717) is 0 Å². The topological polar surface area (TPSA) is 41.8 Å². The molecule has 0 amide bonds. The van der Waals surface area contributed by atoms with Crippen molar-refractivity contribution < 1.29 is 9.84 Å². The van der Waals surface area contributed by atoms with E-state index in [2.05, 4.69) is 11.9 Å². The molecule has 3 nitrogen and oxygen atoms in total. The molecule has 0 fully saturated rings. The van der Waals surface area contributed by atoms with Crippen LogP contribution in [0.2, 0.25) is 0 Å². The normalized spacial score (nSPS) is 11.1. The lowest BCUT2D eigenvalue weighted by atomic mass is 10.1. The van der Waals surface area contributed by atoms with Gasteiger partial charge < -0.3 is 9.84 Å². The minimum absolute atomic E-state index is 0.0671. The Hall–Kier alpha value is -2.13. The van der Waals surface area contributed by atoms with E-state index in [-0.39, 0.29) is 6.61 Å². The molecule has 0 saturated heterocycles. The highest BCUT2D eigenvalue weighted by Gasteiger charge is 1.96. The largest absolute Gasteiger partial charge is 0.494 e. The molecule has 0 spiro atoms. The van der Waals surface area contributed by atoms with Crippen molar-refractivity contribution in [3.63, 3.8) is 0 Å². The lowest BCUT2D eigenvalue weighted by Crippen LogP contribution is -1.96. The Morgan fingerprint density at radius 3 is 2.24 bits per heavy atom. The van der Waals surface area contributed by atoms with Crippen molar-refractivity contribution in [2.75, 3.05) is 6.61 Å². The first kappa shape index (κ1) is 19.2. The number of aliphatic hydroxyl groups excluding tert-OH is 1. The van der Waals surface area contributed by atoms with Gasteiger partial charge in [-0.3, -0.25) is 4.99 Å². The summed E-state index contributed by atoms with van der Waals surface area (Å²) in [5, 5.41) is 9.04. The number of rotatable bonds is 11. The molecule has 0 unspecified atom stereocenters. The fourth-order valence-corrected chi connectivity index (χ4v) is 2.56. The molecule has 0 atom stereocenters. The summed E-state index contributed by atoms with van der Waals surface area (Å²) in [6.07, 6.45) is 9.47. The number of ether oxygens (including phenoxy) is 1. The zero-order valence-electron chi connectivity index (χ0n) is 15.2. The van der Waals surface area contributed by atoms with E-state index >= 15 is 0 Å². The van der Waals surface area contributed by atoms with Crippen molar-refractivity contribution in [3.8, 4) is 5.75 Å². The fraction of sp³-hybridized carbons (Fsp3) is 0.409. The van der Waals surface area contributed by atoms with Crippen LogP contribution in [0.4, 0.5) is 5.69 Å². The summed E-state index contributed by atoms with van der Waals surface area (Å²) in [5.74, 6) is 0.903. The molecule has 2 aromatic rings. The molecule has 0 saturated carbocycles. The molecular formula is C22H29NO2. The van der Waals surface area contributed by atoms with Crippen molar-refractivity contribution >= 4 is 11.9 Å². The molecule has 2 aromatic carbocycles. The smallest absolute Gasteiger partial charge is 0.119 e. The monoisotopic (exact) mass is 339 g/mol. The van der Waals surface area contributed by atoms with Gasteiger partial charge in [0.2, 0.25) is 0 Å². The highest BCUT2D eigenvalue weighted by atomic mass is 16.5. The average Bonchev–Trinajstić information content (AvgIpc) is 2.67. The van der Waals surface area contributed by atoms with E-state index < -0.39 is 0 Å². The van der Waals surface area contributed by atoms with Crippen LogP contribution in [0.5, 0.6) is 5.75 Å². The quantitative estimate of drug-likeness (QED) is 0.423. The Morgan fingerprint density at radius 1 is 0.880 bits per heavy atom. The number of nitrogens with zero attached hydrogens (tertiary/aromatic N) is 1. The Morgan fingerprint density at radius 2 is 1.56 bits per heavy atom. The molecule has 0 aliphatic carbocycles. The van der Waals surface area contributed by atoms with Crippen molar-refractivity contribution in [3.05, 3.63) is 59.7 Å². The molecule has 0 aliphatic rings. The second kappa shape index (κ2) is 11.4. The van der Waals surface area contributed by atoms with Gasteiger partial charge in [-0.1, -0.05) is 63.3 Å². The van der Waals surface area contributed by atoms with Gasteiger partial charge >= 0.3 is 0 Å². The Balaban J connectivity index is 1.72. The number of benzene rings is 2. The third kappa shape index (κ3) is 7.53. The molecule has 134 valence electrons. The summed E-state index contributed by atoms with van der Waals surface area (Å²) >= 11 is 0. The van der Waals surface area contributed by atoms with Crippen LogP contribution >= 0.6 is 0 Å². The first-order valence-electron chi connectivity index (χ1n) is 9.28. The molecule has 2 rings (SSSR count). The second-order valence-electron chi connectivity index (χ2n) is 6.27. The van der Waals surface area contributed by atoms with E-state index in [1.807, 2.05) is 54.7 Å². The minimum atomic E-state index is 0.0671. The van der Waals surface area contributed by atoms with Crippen molar-refractivity contribution in [2.45, 2.75) is 52.1 Å². The highest BCUT2D eigenvalue weighted by Crippen LogP contribution is 2.18. The van der Waals surface area contributed by atoms with Crippen LogP contribution < -0.4 is 4.74 Å². The van der Waals surface area contributed by atoms with Gasteiger partial charge in [-0.2, -0.15) is 0 Å². The molecule has 0 heterocycles. The van der Waals surface area contributed by atoms with Gasteiger partial charge in [-0.25, -0.2) is 0 Å². The second-order valence-corrected chi connectivity index (χ2v) is 6.27. The molecular weight excluding hydrogens is 310 g/mol. The van der Waals surface area contributed by atoms with Crippen LogP contribution in [0.15, 0.2) is 53.5 Å². The summed E-state index contributed by atoms with van der Waals surface area (Å²) in [6, 6.07) is 15.6. The third-order valence-corrected chi connectivity index (χ3v) is 4.13. The first-order valence-corrected chi connectivity index (χ1v) is 9.28. The molecule has 0 radical (unpaired) electrons. The van der Waals surface area contributed by atoms with Gasteiger partial charge in [0.15, 0.2) is 0 Å². The number of hydrogen-bond acceptors (Lipinski definition) is 3. The van der Waals surface area contributed by atoms with Crippen LogP contribution in [-0.4, -0.2) is 17.9 Å². The van der Waals surface area contributed by atoms with Gasteiger partial charge in [0.05, 0.1) is 18.9 Å². The molecule has 25 heavy (non-hydrogen) atoms. The number of hydrogen-bond donors (Lipinski definition) is 1. The van der Waals surface area contributed by atoms with E-state index in [0.717, 1.165) is 35.6 Å². The van der Waals surface area contributed by atoms with Crippen molar-refractivity contribution in [1.82, 2.24) is 0 Å². The molecule has 0 aromatic heterocycles. The SMILES string of the molecule is CCCCCCCCOc1ccc(/N=C/c2ccc(CO)cc2)cc1. The predicted octanol–water partition coefficient (Wildman–Crippen LogP) is 5.67. The molecule has 0 bridgehead atoms. The molecule has 0 aliphatic heterocycles. The lowest BCUT2D eigenvalue weighted by Gasteiger charge is -2.06. The predicted molar refractivity (Wildman–Crippen MR) is 105 cm³/mol. The van der Waals surface area contributed by atoms with Gasteiger partial charge in [-0.05, 0) is 41.8 Å². The van der Waals surface area contributed by atoms with Gasteiger partial charge in [0, 0.05) is 6.21 Å². The highest BCUT2D eigenvalue weighted by molar-refractivity contribution is 5.81. The van der Waals surface area contributed by atoms with Gasteiger partial charge in [0.25, 0.3) is 0 Å². The van der Waals surface area contributed by atoms with Crippen LogP contribution in [0.3, 0.4) is 0 Å². The van der Waals surface area contributed by atoms with Crippen molar-refractivity contribution in [2.24, 2.45) is 4.99 Å². The van der Waals surface area contributed by atoms with E-state index in [4.69, 9.17) is 9.84 Å². The van der Waals surface area contributed by atoms with E-state index in [1.54, 1.807) is 0 Å². The van der Waals surface area contributed by atoms with E-state index in [9.17, 15) is 0 Å².